The Morgan fingerprint density at radius 3 is 2.45 bits per heavy atom. The highest BCUT2D eigenvalue weighted by atomic mass is 16.6. The number of non-ortho nitro benzene ring substituents is 1. The second-order valence-electron chi connectivity index (χ2n) is 4.07. The van der Waals surface area contributed by atoms with E-state index in [2.05, 4.69) is 0 Å². The molecule has 0 unspecified atom stereocenters. The molecule has 0 bridgehead atoms. The molecule has 2 rings (SSSR count). The van der Waals surface area contributed by atoms with Crippen LogP contribution in [-0.4, -0.2) is 27.8 Å². The standard InChI is InChI=1S/C12H8N2O6/c1-6-4-10(15)13(11(6)16)9-5-7(14(19)20)2-3-8(9)12(17)18/h2-5H,1H3,(H,17,18). The first-order chi connectivity index (χ1) is 9.32. The zero-order chi connectivity index (χ0) is 15.0. The summed E-state index contributed by atoms with van der Waals surface area (Å²) in [6.07, 6.45) is 1.05. The van der Waals surface area contributed by atoms with Crippen molar-refractivity contribution in [3.8, 4) is 0 Å². The molecule has 8 nitrogen and oxygen atoms in total. The molecular weight excluding hydrogens is 268 g/mol. The topological polar surface area (TPSA) is 118 Å². The van der Waals surface area contributed by atoms with Gasteiger partial charge in [-0.15, -0.1) is 0 Å². The molecule has 0 fully saturated rings. The maximum absolute atomic E-state index is 11.8. The highest BCUT2D eigenvalue weighted by molar-refractivity contribution is 6.31. The minimum Gasteiger partial charge on any atom is -0.478 e. The summed E-state index contributed by atoms with van der Waals surface area (Å²) in [4.78, 5) is 45.3. The number of carboxylic acid groups (broad SMARTS) is 1. The van der Waals surface area contributed by atoms with E-state index in [0.717, 1.165) is 24.3 Å². The minimum atomic E-state index is -1.39. The Balaban J connectivity index is 2.63. The lowest BCUT2D eigenvalue weighted by atomic mass is 10.1. The first-order valence-corrected chi connectivity index (χ1v) is 5.41. The lowest BCUT2D eigenvalue weighted by Crippen LogP contribution is -2.32. The third kappa shape index (κ3) is 2.03. The Hall–Kier alpha value is -3.03. The predicted molar refractivity (Wildman–Crippen MR) is 66.3 cm³/mol. The predicted octanol–water partition coefficient (Wildman–Crippen LogP) is 1.11. The molecule has 1 aliphatic heterocycles. The monoisotopic (exact) mass is 276 g/mol. The molecule has 0 saturated heterocycles. The van der Waals surface area contributed by atoms with Gasteiger partial charge < -0.3 is 5.11 Å². The molecule has 0 radical (unpaired) electrons. The highest BCUT2D eigenvalue weighted by Crippen LogP contribution is 2.30. The number of carboxylic acids is 1. The van der Waals surface area contributed by atoms with Gasteiger partial charge in [-0.05, 0) is 13.0 Å². The van der Waals surface area contributed by atoms with Gasteiger partial charge >= 0.3 is 5.97 Å². The van der Waals surface area contributed by atoms with Crippen LogP contribution >= 0.6 is 0 Å². The van der Waals surface area contributed by atoms with Crippen LogP contribution in [0, 0.1) is 10.1 Å². The van der Waals surface area contributed by atoms with Crippen LogP contribution in [0.1, 0.15) is 17.3 Å². The summed E-state index contributed by atoms with van der Waals surface area (Å²) >= 11 is 0. The Morgan fingerprint density at radius 1 is 1.35 bits per heavy atom. The van der Waals surface area contributed by atoms with Crippen molar-refractivity contribution in [2.45, 2.75) is 6.92 Å². The largest absolute Gasteiger partial charge is 0.478 e. The summed E-state index contributed by atoms with van der Waals surface area (Å²) in [5.74, 6) is -2.81. The molecule has 1 aromatic rings. The molecule has 102 valence electrons. The molecule has 20 heavy (non-hydrogen) atoms. The number of imide groups is 1. The number of nitro benzene ring substituents is 1. The van der Waals surface area contributed by atoms with Gasteiger partial charge in [-0.25, -0.2) is 9.69 Å². The second-order valence-corrected chi connectivity index (χ2v) is 4.07. The van der Waals surface area contributed by atoms with Crippen molar-refractivity contribution in [1.29, 1.82) is 0 Å². The van der Waals surface area contributed by atoms with E-state index in [1.807, 2.05) is 0 Å². The van der Waals surface area contributed by atoms with Crippen molar-refractivity contribution in [2.75, 3.05) is 4.90 Å². The molecule has 1 N–H and O–H groups in total. The molecule has 0 atom stereocenters. The van der Waals surface area contributed by atoms with E-state index in [0.29, 0.717) is 4.90 Å². The van der Waals surface area contributed by atoms with Gasteiger partial charge in [0.25, 0.3) is 17.5 Å². The van der Waals surface area contributed by atoms with Crippen LogP contribution in [0.3, 0.4) is 0 Å². The summed E-state index contributed by atoms with van der Waals surface area (Å²) < 4.78 is 0. The van der Waals surface area contributed by atoms with Gasteiger partial charge in [0.1, 0.15) is 0 Å². The Kier molecular flexibility index (Phi) is 3.07. The van der Waals surface area contributed by atoms with Crippen LogP contribution in [0.2, 0.25) is 0 Å². The Labute approximate surface area is 112 Å². The molecule has 0 aliphatic carbocycles. The third-order valence-corrected chi connectivity index (χ3v) is 2.76. The van der Waals surface area contributed by atoms with E-state index in [4.69, 9.17) is 5.11 Å². The number of nitro groups is 1. The van der Waals surface area contributed by atoms with E-state index in [1.54, 1.807) is 0 Å². The van der Waals surface area contributed by atoms with Gasteiger partial charge in [0, 0.05) is 23.8 Å². The number of hydrogen-bond acceptors (Lipinski definition) is 5. The number of aromatic carboxylic acids is 1. The zero-order valence-corrected chi connectivity index (χ0v) is 10.2. The first kappa shape index (κ1) is 13.4. The lowest BCUT2D eigenvalue weighted by Gasteiger charge is -2.16. The van der Waals surface area contributed by atoms with Crippen molar-refractivity contribution < 1.29 is 24.4 Å². The average Bonchev–Trinajstić information content (AvgIpc) is 2.62. The number of anilines is 1. The molecule has 1 aromatic carbocycles. The number of carbonyl (C=O) groups is 3. The number of benzene rings is 1. The van der Waals surface area contributed by atoms with Crippen molar-refractivity contribution >= 4 is 29.2 Å². The first-order valence-electron chi connectivity index (χ1n) is 5.41. The molecule has 2 amide bonds. The summed E-state index contributed by atoms with van der Waals surface area (Å²) in [6, 6.07) is 2.88. The van der Waals surface area contributed by atoms with E-state index < -0.39 is 28.4 Å². The number of hydrogen-bond donors (Lipinski definition) is 1. The van der Waals surface area contributed by atoms with Crippen LogP contribution in [0.5, 0.6) is 0 Å². The van der Waals surface area contributed by atoms with Crippen LogP contribution in [0.15, 0.2) is 29.8 Å². The van der Waals surface area contributed by atoms with Gasteiger partial charge in [0.2, 0.25) is 0 Å². The number of amides is 2. The van der Waals surface area contributed by atoms with Crippen molar-refractivity contribution in [2.24, 2.45) is 0 Å². The molecule has 0 saturated carbocycles. The fraction of sp³-hybridized carbons (Fsp3) is 0.0833. The van der Waals surface area contributed by atoms with Crippen molar-refractivity contribution in [1.82, 2.24) is 0 Å². The fourth-order valence-corrected chi connectivity index (χ4v) is 1.82. The van der Waals surface area contributed by atoms with Gasteiger partial charge in [-0.1, -0.05) is 0 Å². The van der Waals surface area contributed by atoms with Gasteiger partial charge in [0.05, 0.1) is 16.2 Å². The van der Waals surface area contributed by atoms with Gasteiger partial charge in [-0.3, -0.25) is 19.7 Å². The average molecular weight is 276 g/mol. The van der Waals surface area contributed by atoms with E-state index in [1.165, 1.54) is 6.92 Å². The molecule has 0 spiro atoms. The van der Waals surface area contributed by atoms with Crippen LogP contribution < -0.4 is 4.90 Å². The summed E-state index contributed by atoms with van der Waals surface area (Å²) in [5, 5.41) is 19.8. The molecule has 8 heteroatoms. The second kappa shape index (κ2) is 4.57. The Morgan fingerprint density at radius 2 is 2.00 bits per heavy atom. The van der Waals surface area contributed by atoms with E-state index in [9.17, 15) is 24.5 Å². The smallest absolute Gasteiger partial charge is 0.337 e. The number of nitrogens with zero attached hydrogens (tertiary/aromatic N) is 2. The van der Waals surface area contributed by atoms with Gasteiger partial charge in [0.15, 0.2) is 0 Å². The lowest BCUT2D eigenvalue weighted by molar-refractivity contribution is -0.384. The third-order valence-electron chi connectivity index (χ3n) is 2.76. The maximum atomic E-state index is 11.8. The van der Waals surface area contributed by atoms with Crippen LogP contribution in [0.25, 0.3) is 0 Å². The Bertz CT molecular complexity index is 691. The summed E-state index contributed by atoms with van der Waals surface area (Å²) in [5.41, 5.74) is -0.941. The van der Waals surface area contributed by atoms with Crippen LogP contribution in [-0.2, 0) is 9.59 Å². The summed E-state index contributed by atoms with van der Waals surface area (Å²) in [6.45, 7) is 1.40. The van der Waals surface area contributed by atoms with Crippen molar-refractivity contribution in [3.05, 3.63) is 45.5 Å². The van der Waals surface area contributed by atoms with Gasteiger partial charge in [-0.2, -0.15) is 0 Å². The minimum absolute atomic E-state index is 0.137. The molecular formula is C12H8N2O6. The molecule has 1 aliphatic rings. The zero-order valence-electron chi connectivity index (χ0n) is 10.2. The fourth-order valence-electron chi connectivity index (χ4n) is 1.82. The van der Waals surface area contributed by atoms with E-state index in [-0.39, 0.29) is 16.8 Å². The molecule has 0 aromatic heterocycles. The number of carbonyl (C=O) groups excluding carboxylic acids is 2. The van der Waals surface area contributed by atoms with E-state index >= 15 is 0 Å². The van der Waals surface area contributed by atoms with Crippen molar-refractivity contribution in [3.63, 3.8) is 0 Å². The summed E-state index contributed by atoms with van der Waals surface area (Å²) in [7, 11) is 0. The maximum Gasteiger partial charge on any atom is 0.337 e. The highest BCUT2D eigenvalue weighted by Gasteiger charge is 2.33. The molecule has 1 heterocycles. The normalized spacial score (nSPS) is 14.4. The number of rotatable bonds is 3. The van der Waals surface area contributed by atoms with Crippen LogP contribution in [0.4, 0.5) is 11.4 Å². The quantitative estimate of drug-likeness (QED) is 0.502. The SMILES string of the molecule is CC1=CC(=O)N(c2cc([N+](=O)[O-])ccc2C(=O)O)C1=O.